The maximum absolute atomic E-state index is 13.9. The summed E-state index contributed by atoms with van der Waals surface area (Å²) in [6.45, 7) is 0. The van der Waals surface area contributed by atoms with E-state index in [1.54, 1.807) is 12.4 Å². The molecule has 3 rings (SSSR count). The lowest BCUT2D eigenvalue weighted by atomic mass is 9.98. The monoisotopic (exact) mass is 228 g/mol. The summed E-state index contributed by atoms with van der Waals surface area (Å²) in [6, 6.07) is 5.27. The highest BCUT2D eigenvalue weighted by Crippen LogP contribution is 2.36. The second-order valence-corrected chi connectivity index (χ2v) is 4.37. The number of pyridine rings is 1. The highest BCUT2D eigenvalue weighted by atomic mass is 19.1. The molecular formula is C14H13FN2. The number of hydrogen-bond acceptors (Lipinski definition) is 2. The van der Waals surface area contributed by atoms with Crippen molar-refractivity contribution in [2.75, 3.05) is 5.73 Å². The van der Waals surface area contributed by atoms with Crippen LogP contribution >= 0.6 is 0 Å². The number of nitrogens with zero attached hydrogens (tertiary/aromatic N) is 1. The Labute approximate surface area is 99.3 Å². The molecule has 0 fully saturated rings. The second-order valence-electron chi connectivity index (χ2n) is 4.37. The Balaban J connectivity index is 2.23. The van der Waals surface area contributed by atoms with Gasteiger partial charge >= 0.3 is 0 Å². The molecule has 1 aromatic heterocycles. The smallest absolute Gasteiger partial charge is 0.127 e. The van der Waals surface area contributed by atoms with Gasteiger partial charge in [0.15, 0.2) is 0 Å². The molecule has 2 nitrogen and oxygen atoms in total. The number of hydrogen-bond donors (Lipinski definition) is 1. The van der Waals surface area contributed by atoms with E-state index in [2.05, 4.69) is 4.98 Å². The number of anilines is 1. The molecule has 0 radical (unpaired) electrons. The van der Waals surface area contributed by atoms with Crippen molar-refractivity contribution >= 4 is 5.69 Å². The maximum atomic E-state index is 13.9. The van der Waals surface area contributed by atoms with E-state index in [9.17, 15) is 4.39 Å². The summed E-state index contributed by atoms with van der Waals surface area (Å²) in [5.74, 6) is -0.134. The molecule has 1 aliphatic rings. The Hall–Kier alpha value is -1.90. The first-order chi connectivity index (χ1) is 8.27. The molecule has 0 saturated heterocycles. The van der Waals surface area contributed by atoms with Gasteiger partial charge in [0.2, 0.25) is 0 Å². The van der Waals surface area contributed by atoms with Gasteiger partial charge in [0.25, 0.3) is 0 Å². The zero-order chi connectivity index (χ0) is 11.8. The lowest BCUT2D eigenvalue weighted by Crippen LogP contribution is -2.00. The number of benzene rings is 1. The molecule has 17 heavy (non-hydrogen) atoms. The quantitative estimate of drug-likeness (QED) is 0.762. The third kappa shape index (κ3) is 1.58. The largest absolute Gasteiger partial charge is 0.398 e. The van der Waals surface area contributed by atoms with Crippen molar-refractivity contribution in [3.05, 3.63) is 47.5 Å². The molecule has 0 amide bonds. The SMILES string of the molecule is Nc1c(-c2cccnc2)cc(F)c2c1CCC2. The second kappa shape index (κ2) is 3.84. The molecule has 1 aromatic carbocycles. The van der Waals surface area contributed by atoms with Crippen LogP contribution in [0.4, 0.5) is 10.1 Å². The van der Waals surface area contributed by atoms with Gasteiger partial charge in [0.05, 0.1) is 0 Å². The molecule has 2 N–H and O–H groups in total. The minimum absolute atomic E-state index is 0.134. The zero-order valence-electron chi connectivity index (χ0n) is 9.41. The molecule has 3 heteroatoms. The number of fused-ring (bicyclic) bond motifs is 1. The van der Waals surface area contributed by atoms with Crippen molar-refractivity contribution in [2.45, 2.75) is 19.3 Å². The van der Waals surface area contributed by atoms with E-state index >= 15 is 0 Å². The Morgan fingerprint density at radius 2 is 2.06 bits per heavy atom. The number of aromatic nitrogens is 1. The number of nitrogen functional groups attached to an aromatic ring is 1. The average Bonchev–Trinajstić information content (AvgIpc) is 2.85. The van der Waals surface area contributed by atoms with Crippen LogP contribution < -0.4 is 5.73 Å². The van der Waals surface area contributed by atoms with Gasteiger partial charge in [-0.15, -0.1) is 0 Å². The average molecular weight is 228 g/mol. The first-order valence-electron chi connectivity index (χ1n) is 5.77. The predicted octanol–water partition coefficient (Wildman–Crippen LogP) is 2.96. The van der Waals surface area contributed by atoms with E-state index in [4.69, 9.17) is 5.73 Å². The Morgan fingerprint density at radius 1 is 1.24 bits per heavy atom. The minimum Gasteiger partial charge on any atom is -0.398 e. The van der Waals surface area contributed by atoms with Crippen LogP contribution in [0.1, 0.15) is 17.5 Å². The van der Waals surface area contributed by atoms with Gasteiger partial charge in [-0.05, 0) is 42.5 Å². The first-order valence-corrected chi connectivity index (χ1v) is 5.77. The van der Waals surface area contributed by atoms with E-state index in [-0.39, 0.29) is 5.82 Å². The molecule has 2 aromatic rings. The Morgan fingerprint density at radius 3 is 2.82 bits per heavy atom. The summed E-state index contributed by atoms with van der Waals surface area (Å²) in [5.41, 5.74) is 10.3. The third-order valence-corrected chi connectivity index (χ3v) is 3.37. The molecule has 86 valence electrons. The number of halogens is 1. The van der Waals surface area contributed by atoms with Gasteiger partial charge in [-0.25, -0.2) is 4.39 Å². The molecule has 1 aliphatic carbocycles. The van der Waals surface area contributed by atoms with Crippen molar-refractivity contribution < 1.29 is 4.39 Å². The van der Waals surface area contributed by atoms with E-state index in [0.29, 0.717) is 5.69 Å². The number of nitrogens with two attached hydrogens (primary N) is 1. The van der Waals surface area contributed by atoms with Gasteiger partial charge in [-0.3, -0.25) is 4.98 Å². The Bertz CT molecular complexity index is 564. The summed E-state index contributed by atoms with van der Waals surface area (Å²) >= 11 is 0. The van der Waals surface area contributed by atoms with Gasteiger partial charge in [-0.2, -0.15) is 0 Å². The Kier molecular flexibility index (Phi) is 2.32. The van der Waals surface area contributed by atoms with Crippen LogP contribution in [0.15, 0.2) is 30.6 Å². The number of rotatable bonds is 1. The molecule has 0 spiro atoms. The van der Waals surface area contributed by atoms with Crippen molar-refractivity contribution in [1.29, 1.82) is 0 Å². The maximum Gasteiger partial charge on any atom is 0.127 e. The molecule has 1 heterocycles. The fourth-order valence-corrected chi connectivity index (χ4v) is 2.52. The van der Waals surface area contributed by atoms with E-state index in [1.165, 1.54) is 6.07 Å². The van der Waals surface area contributed by atoms with Gasteiger partial charge in [-0.1, -0.05) is 6.07 Å². The van der Waals surface area contributed by atoms with Gasteiger partial charge in [0.1, 0.15) is 5.82 Å². The standard InChI is InChI=1S/C14H13FN2/c15-13-7-12(9-3-2-6-17-8-9)14(16)11-5-1-4-10(11)13/h2-3,6-8H,1,4-5,16H2. The molecule has 0 unspecified atom stereocenters. The van der Waals surface area contributed by atoms with Crippen molar-refractivity contribution in [2.24, 2.45) is 0 Å². The summed E-state index contributed by atoms with van der Waals surface area (Å²) in [6.07, 6.45) is 6.09. The summed E-state index contributed by atoms with van der Waals surface area (Å²) in [5, 5.41) is 0. The molecular weight excluding hydrogens is 215 g/mol. The van der Waals surface area contributed by atoms with Crippen molar-refractivity contribution in [1.82, 2.24) is 4.98 Å². The van der Waals surface area contributed by atoms with Crippen LogP contribution in [0.5, 0.6) is 0 Å². The summed E-state index contributed by atoms with van der Waals surface area (Å²) in [4.78, 5) is 4.05. The van der Waals surface area contributed by atoms with E-state index in [0.717, 1.165) is 41.5 Å². The van der Waals surface area contributed by atoms with E-state index in [1.807, 2.05) is 12.1 Å². The normalized spacial score (nSPS) is 13.7. The van der Waals surface area contributed by atoms with E-state index < -0.39 is 0 Å². The molecule has 0 atom stereocenters. The topological polar surface area (TPSA) is 38.9 Å². The molecule has 0 bridgehead atoms. The highest BCUT2D eigenvalue weighted by Gasteiger charge is 2.21. The van der Waals surface area contributed by atoms with Crippen molar-refractivity contribution in [3.63, 3.8) is 0 Å². The van der Waals surface area contributed by atoms with Crippen LogP contribution in [-0.4, -0.2) is 4.98 Å². The van der Waals surface area contributed by atoms with Gasteiger partial charge in [0, 0.05) is 29.2 Å². The summed E-state index contributed by atoms with van der Waals surface area (Å²) < 4.78 is 13.9. The highest BCUT2D eigenvalue weighted by molar-refractivity contribution is 5.79. The third-order valence-electron chi connectivity index (χ3n) is 3.37. The van der Waals surface area contributed by atoms with Gasteiger partial charge < -0.3 is 5.73 Å². The lowest BCUT2D eigenvalue weighted by molar-refractivity contribution is 0.613. The van der Waals surface area contributed by atoms with Crippen LogP contribution in [0.2, 0.25) is 0 Å². The minimum atomic E-state index is -0.134. The lowest BCUT2D eigenvalue weighted by Gasteiger charge is -2.11. The summed E-state index contributed by atoms with van der Waals surface area (Å²) in [7, 11) is 0. The fourth-order valence-electron chi connectivity index (χ4n) is 2.52. The van der Waals surface area contributed by atoms with Crippen molar-refractivity contribution in [3.8, 4) is 11.1 Å². The zero-order valence-corrected chi connectivity index (χ0v) is 9.41. The van der Waals surface area contributed by atoms with Crippen LogP contribution in [0.3, 0.4) is 0 Å². The first kappa shape index (κ1) is 10.3. The molecule has 0 saturated carbocycles. The van der Waals surface area contributed by atoms with Crippen LogP contribution in [-0.2, 0) is 12.8 Å². The van der Waals surface area contributed by atoms with Crippen LogP contribution in [0.25, 0.3) is 11.1 Å². The van der Waals surface area contributed by atoms with Crippen LogP contribution in [0, 0.1) is 5.82 Å². The molecule has 0 aliphatic heterocycles. The fraction of sp³-hybridized carbons (Fsp3) is 0.214. The predicted molar refractivity (Wildman–Crippen MR) is 66.1 cm³/mol.